The number of nitrogens with zero attached hydrogens (tertiary/aromatic N) is 1. The van der Waals surface area contributed by atoms with Crippen LogP contribution in [0.3, 0.4) is 0 Å². The number of para-hydroxylation sites is 1. The molecule has 1 N–H and O–H groups in total. The third kappa shape index (κ3) is 5.73. The number of benzene rings is 3. The fourth-order valence-electron chi connectivity index (χ4n) is 3.27. The van der Waals surface area contributed by atoms with E-state index in [-0.39, 0.29) is 11.4 Å². The van der Waals surface area contributed by atoms with Gasteiger partial charge in [-0.05, 0) is 54.1 Å². The summed E-state index contributed by atoms with van der Waals surface area (Å²) >= 11 is 5.91. The van der Waals surface area contributed by atoms with Gasteiger partial charge in [-0.3, -0.25) is 9.10 Å². The number of amides is 1. The van der Waals surface area contributed by atoms with Gasteiger partial charge in [0, 0.05) is 11.6 Å². The Balaban J connectivity index is 1.83. The molecule has 0 saturated heterocycles. The molecule has 3 rings (SSSR count). The quantitative estimate of drug-likeness (QED) is 0.450. The molecule has 0 saturated carbocycles. The SMILES string of the molecule is COc1cc(CNC(=O)CN(c2ccccc2)S(=O)(=O)c2ccc(Cl)cc2)cc(OC)c1OC. The van der Waals surface area contributed by atoms with Crippen molar-refractivity contribution in [1.29, 1.82) is 0 Å². The number of ether oxygens (including phenoxy) is 3. The summed E-state index contributed by atoms with van der Waals surface area (Å²) in [6.07, 6.45) is 0. The highest BCUT2D eigenvalue weighted by molar-refractivity contribution is 7.92. The molecule has 0 aliphatic carbocycles. The Kier molecular flexibility index (Phi) is 8.25. The lowest BCUT2D eigenvalue weighted by atomic mass is 10.1. The summed E-state index contributed by atoms with van der Waals surface area (Å²) in [4.78, 5) is 12.9. The summed E-state index contributed by atoms with van der Waals surface area (Å²) in [5.41, 5.74) is 1.05. The lowest BCUT2D eigenvalue weighted by molar-refractivity contribution is -0.119. The lowest BCUT2D eigenvalue weighted by Crippen LogP contribution is -2.40. The van der Waals surface area contributed by atoms with Gasteiger partial charge >= 0.3 is 0 Å². The fourth-order valence-corrected chi connectivity index (χ4v) is 4.81. The predicted molar refractivity (Wildman–Crippen MR) is 130 cm³/mol. The first-order valence-electron chi connectivity index (χ1n) is 10.2. The van der Waals surface area contributed by atoms with Crippen molar-refractivity contribution in [3.05, 3.63) is 77.3 Å². The summed E-state index contributed by atoms with van der Waals surface area (Å²) in [6.45, 7) is -0.293. The molecular weight excluding hydrogens is 480 g/mol. The highest BCUT2D eigenvalue weighted by atomic mass is 35.5. The molecule has 0 heterocycles. The van der Waals surface area contributed by atoms with Crippen LogP contribution in [0.15, 0.2) is 71.6 Å². The van der Waals surface area contributed by atoms with Gasteiger partial charge in [0.2, 0.25) is 11.7 Å². The summed E-state index contributed by atoms with van der Waals surface area (Å²) in [5.74, 6) is 0.837. The third-order valence-corrected chi connectivity index (χ3v) is 6.99. The Hall–Kier alpha value is -3.43. The smallest absolute Gasteiger partial charge is 0.264 e. The molecule has 0 spiro atoms. The lowest BCUT2D eigenvalue weighted by Gasteiger charge is -2.24. The van der Waals surface area contributed by atoms with E-state index in [0.29, 0.717) is 33.5 Å². The van der Waals surface area contributed by atoms with Crippen LogP contribution in [0.25, 0.3) is 0 Å². The molecular formula is C24H25ClN2O6S. The van der Waals surface area contributed by atoms with E-state index in [9.17, 15) is 13.2 Å². The Labute approximate surface area is 204 Å². The van der Waals surface area contributed by atoms with Crippen LogP contribution in [-0.4, -0.2) is 42.2 Å². The molecule has 3 aromatic carbocycles. The van der Waals surface area contributed by atoms with Crippen molar-refractivity contribution < 1.29 is 27.4 Å². The topological polar surface area (TPSA) is 94.2 Å². The van der Waals surface area contributed by atoms with Crippen molar-refractivity contribution >= 4 is 33.2 Å². The third-order valence-electron chi connectivity index (χ3n) is 4.95. The van der Waals surface area contributed by atoms with E-state index in [4.69, 9.17) is 25.8 Å². The number of anilines is 1. The zero-order valence-electron chi connectivity index (χ0n) is 18.9. The molecule has 10 heteroatoms. The van der Waals surface area contributed by atoms with Crippen LogP contribution >= 0.6 is 11.6 Å². The van der Waals surface area contributed by atoms with Crippen molar-refractivity contribution in [3.63, 3.8) is 0 Å². The van der Waals surface area contributed by atoms with Crippen LogP contribution < -0.4 is 23.8 Å². The largest absolute Gasteiger partial charge is 0.493 e. The van der Waals surface area contributed by atoms with Crippen LogP contribution in [0.5, 0.6) is 17.2 Å². The van der Waals surface area contributed by atoms with Gasteiger partial charge in [-0.1, -0.05) is 29.8 Å². The number of hydrogen-bond donors (Lipinski definition) is 1. The molecule has 0 fully saturated rings. The van der Waals surface area contributed by atoms with Gasteiger partial charge in [0.15, 0.2) is 11.5 Å². The first kappa shape index (κ1) is 25.2. The van der Waals surface area contributed by atoms with Gasteiger partial charge in [0.05, 0.1) is 31.9 Å². The monoisotopic (exact) mass is 504 g/mol. The summed E-state index contributed by atoms with van der Waals surface area (Å²) in [6, 6.07) is 17.6. The molecule has 0 atom stereocenters. The standard InChI is InChI=1S/C24H25ClN2O6S/c1-31-21-13-17(14-22(32-2)24(21)33-3)15-26-23(28)16-27(19-7-5-4-6-8-19)34(29,30)20-11-9-18(25)10-12-20/h4-14H,15-16H2,1-3H3,(H,26,28). The minimum Gasteiger partial charge on any atom is -0.493 e. The minimum absolute atomic E-state index is 0.0261. The summed E-state index contributed by atoms with van der Waals surface area (Å²) < 4.78 is 43.7. The van der Waals surface area contributed by atoms with Crippen molar-refractivity contribution in [3.8, 4) is 17.2 Å². The zero-order valence-corrected chi connectivity index (χ0v) is 20.5. The molecule has 0 bridgehead atoms. The van der Waals surface area contributed by atoms with E-state index in [1.165, 1.54) is 45.6 Å². The molecule has 0 aromatic heterocycles. The van der Waals surface area contributed by atoms with Gasteiger partial charge in [0.25, 0.3) is 10.0 Å². The van der Waals surface area contributed by atoms with Gasteiger partial charge in [-0.15, -0.1) is 0 Å². The summed E-state index contributed by atoms with van der Waals surface area (Å²) in [5, 5.41) is 3.16. The first-order valence-corrected chi connectivity index (χ1v) is 12.0. The molecule has 34 heavy (non-hydrogen) atoms. The molecule has 1 amide bonds. The number of rotatable bonds is 10. The van der Waals surface area contributed by atoms with E-state index < -0.39 is 22.5 Å². The Bertz CT molecular complexity index is 1210. The molecule has 8 nitrogen and oxygen atoms in total. The average molecular weight is 505 g/mol. The Morgan fingerprint density at radius 1 is 0.912 bits per heavy atom. The number of halogens is 1. The van der Waals surface area contributed by atoms with E-state index >= 15 is 0 Å². The highest BCUT2D eigenvalue weighted by Crippen LogP contribution is 2.38. The van der Waals surface area contributed by atoms with E-state index in [1.807, 2.05) is 0 Å². The number of sulfonamides is 1. The minimum atomic E-state index is -4.02. The van der Waals surface area contributed by atoms with Crippen molar-refractivity contribution in [2.75, 3.05) is 32.2 Å². The van der Waals surface area contributed by atoms with Crippen molar-refractivity contribution in [1.82, 2.24) is 5.32 Å². The maximum atomic E-state index is 13.3. The second-order valence-corrected chi connectivity index (χ2v) is 9.41. The zero-order chi connectivity index (χ0) is 24.7. The van der Waals surface area contributed by atoms with Crippen LogP contribution in [0.1, 0.15) is 5.56 Å². The molecule has 0 unspecified atom stereocenters. The number of methoxy groups -OCH3 is 3. The number of nitrogens with one attached hydrogen (secondary N) is 1. The molecule has 3 aromatic rings. The van der Waals surface area contributed by atoms with Gasteiger partial charge < -0.3 is 19.5 Å². The van der Waals surface area contributed by atoms with E-state index in [1.54, 1.807) is 42.5 Å². The van der Waals surface area contributed by atoms with Gasteiger partial charge in [0.1, 0.15) is 6.54 Å². The van der Waals surface area contributed by atoms with Crippen LogP contribution in [0.4, 0.5) is 5.69 Å². The number of carbonyl (C=O) groups is 1. The Morgan fingerprint density at radius 2 is 1.50 bits per heavy atom. The van der Waals surface area contributed by atoms with Crippen LogP contribution in [0, 0.1) is 0 Å². The van der Waals surface area contributed by atoms with Crippen molar-refractivity contribution in [2.45, 2.75) is 11.4 Å². The second kappa shape index (κ2) is 11.1. The maximum absolute atomic E-state index is 13.3. The normalized spacial score (nSPS) is 10.9. The molecule has 180 valence electrons. The summed E-state index contributed by atoms with van der Waals surface area (Å²) in [7, 11) is 0.477. The highest BCUT2D eigenvalue weighted by Gasteiger charge is 2.27. The van der Waals surface area contributed by atoms with Crippen LogP contribution in [0.2, 0.25) is 5.02 Å². The molecule has 0 aliphatic heterocycles. The molecule has 0 aliphatic rings. The first-order chi connectivity index (χ1) is 16.3. The number of carbonyl (C=O) groups excluding carboxylic acids is 1. The number of hydrogen-bond acceptors (Lipinski definition) is 6. The van der Waals surface area contributed by atoms with Crippen molar-refractivity contribution in [2.24, 2.45) is 0 Å². The molecule has 0 radical (unpaired) electrons. The van der Waals surface area contributed by atoms with Gasteiger partial charge in [-0.2, -0.15) is 0 Å². The van der Waals surface area contributed by atoms with Gasteiger partial charge in [-0.25, -0.2) is 8.42 Å². The predicted octanol–water partition coefficient (Wildman–Crippen LogP) is 3.88. The van der Waals surface area contributed by atoms with E-state index in [2.05, 4.69) is 5.32 Å². The Morgan fingerprint density at radius 3 is 2.03 bits per heavy atom. The van der Waals surface area contributed by atoms with E-state index in [0.717, 1.165) is 4.31 Å². The van der Waals surface area contributed by atoms with Crippen LogP contribution in [-0.2, 0) is 21.4 Å². The average Bonchev–Trinajstić information content (AvgIpc) is 2.85. The fraction of sp³-hybridized carbons (Fsp3) is 0.208. The maximum Gasteiger partial charge on any atom is 0.264 e. The second-order valence-electron chi connectivity index (χ2n) is 7.11.